The van der Waals surface area contributed by atoms with Crippen molar-refractivity contribution in [3.05, 3.63) is 0 Å². The summed E-state index contributed by atoms with van der Waals surface area (Å²) in [5, 5.41) is 6.23. The molecule has 1 heterocycles. The topological polar surface area (TPSA) is 41.1 Å². The predicted octanol–water partition coefficient (Wildman–Crippen LogP) is 1.29. The van der Waals surface area contributed by atoms with E-state index in [1.54, 1.807) is 0 Å². The van der Waals surface area contributed by atoms with E-state index in [2.05, 4.69) is 10.6 Å². The van der Waals surface area contributed by atoms with Crippen LogP contribution in [0.5, 0.6) is 0 Å². The van der Waals surface area contributed by atoms with E-state index in [-0.39, 0.29) is 5.91 Å². The van der Waals surface area contributed by atoms with E-state index in [0.29, 0.717) is 6.42 Å². The number of hydrogen-bond donors (Lipinski definition) is 2. The first-order chi connectivity index (χ1) is 6.83. The lowest BCUT2D eigenvalue weighted by Crippen LogP contribution is -2.30. The van der Waals surface area contributed by atoms with Gasteiger partial charge in [-0.2, -0.15) is 0 Å². The van der Waals surface area contributed by atoms with E-state index in [1.807, 2.05) is 6.92 Å². The van der Waals surface area contributed by atoms with Crippen molar-refractivity contribution in [2.24, 2.45) is 5.92 Å². The molecule has 1 aliphatic rings. The minimum Gasteiger partial charge on any atom is -0.356 e. The smallest absolute Gasteiger partial charge is 0.219 e. The molecule has 1 aliphatic heterocycles. The number of carbonyl (C=O) groups excluding carboxylic acids is 1. The van der Waals surface area contributed by atoms with Crippen molar-refractivity contribution >= 4 is 5.91 Å². The van der Waals surface area contributed by atoms with Crippen LogP contribution < -0.4 is 10.6 Å². The van der Waals surface area contributed by atoms with Gasteiger partial charge in [0.1, 0.15) is 0 Å². The highest BCUT2D eigenvalue weighted by Crippen LogP contribution is 2.16. The second-order valence-corrected chi connectivity index (χ2v) is 4.06. The summed E-state index contributed by atoms with van der Waals surface area (Å²) in [5.74, 6) is 1.01. The van der Waals surface area contributed by atoms with Crippen LogP contribution in [0.3, 0.4) is 0 Å². The molecule has 0 aromatic carbocycles. The molecule has 0 bridgehead atoms. The number of rotatable bonds is 5. The zero-order valence-corrected chi connectivity index (χ0v) is 9.14. The first-order valence-electron chi connectivity index (χ1n) is 5.80. The summed E-state index contributed by atoms with van der Waals surface area (Å²) in [6.45, 7) is 5.04. The minimum atomic E-state index is 0.205. The van der Waals surface area contributed by atoms with Gasteiger partial charge in [0.25, 0.3) is 0 Å². The summed E-state index contributed by atoms with van der Waals surface area (Å²) in [6, 6.07) is 0. The molecule has 1 amide bonds. The third-order valence-electron chi connectivity index (χ3n) is 2.79. The molecule has 0 spiro atoms. The fraction of sp³-hybridized carbons (Fsp3) is 0.909. The van der Waals surface area contributed by atoms with Gasteiger partial charge in [-0.15, -0.1) is 0 Å². The number of piperidine rings is 1. The van der Waals surface area contributed by atoms with E-state index in [9.17, 15) is 4.79 Å². The van der Waals surface area contributed by atoms with Gasteiger partial charge in [0.2, 0.25) is 5.91 Å². The molecule has 1 fully saturated rings. The van der Waals surface area contributed by atoms with E-state index < -0.39 is 0 Å². The van der Waals surface area contributed by atoms with E-state index >= 15 is 0 Å². The van der Waals surface area contributed by atoms with Gasteiger partial charge in [0.15, 0.2) is 0 Å². The molecule has 1 atom stereocenters. The molecule has 0 aliphatic carbocycles. The van der Waals surface area contributed by atoms with Crippen molar-refractivity contribution in [1.29, 1.82) is 0 Å². The monoisotopic (exact) mass is 198 g/mol. The zero-order chi connectivity index (χ0) is 10.2. The zero-order valence-electron chi connectivity index (χ0n) is 9.14. The maximum Gasteiger partial charge on any atom is 0.219 e. The minimum absolute atomic E-state index is 0.205. The molecule has 0 aromatic rings. The molecule has 0 saturated carbocycles. The van der Waals surface area contributed by atoms with E-state index in [4.69, 9.17) is 0 Å². The Morgan fingerprint density at radius 2 is 2.43 bits per heavy atom. The van der Waals surface area contributed by atoms with Crippen molar-refractivity contribution in [3.8, 4) is 0 Å². The predicted molar refractivity (Wildman–Crippen MR) is 58.1 cm³/mol. The highest BCUT2D eigenvalue weighted by atomic mass is 16.1. The van der Waals surface area contributed by atoms with Crippen LogP contribution in [0.25, 0.3) is 0 Å². The number of carbonyl (C=O) groups is 1. The summed E-state index contributed by atoms with van der Waals surface area (Å²) < 4.78 is 0. The molecule has 2 N–H and O–H groups in total. The van der Waals surface area contributed by atoms with Crippen LogP contribution in [-0.2, 0) is 4.79 Å². The van der Waals surface area contributed by atoms with Crippen LogP contribution in [0, 0.1) is 5.92 Å². The largest absolute Gasteiger partial charge is 0.356 e. The van der Waals surface area contributed by atoms with Gasteiger partial charge in [-0.1, -0.05) is 0 Å². The van der Waals surface area contributed by atoms with Crippen LogP contribution in [0.4, 0.5) is 0 Å². The standard InChI is InChI=1S/C11H22N2O/c1-2-13-11(14)7-3-5-10-6-4-8-12-9-10/h10,12H,2-9H2,1H3,(H,13,14). The Morgan fingerprint density at radius 3 is 3.07 bits per heavy atom. The van der Waals surface area contributed by atoms with Gasteiger partial charge in [-0.3, -0.25) is 4.79 Å². The Labute approximate surface area is 86.6 Å². The molecular formula is C11H22N2O. The third-order valence-corrected chi connectivity index (χ3v) is 2.79. The quantitative estimate of drug-likeness (QED) is 0.699. The fourth-order valence-corrected chi connectivity index (χ4v) is 2.01. The summed E-state index contributed by atoms with van der Waals surface area (Å²) in [4.78, 5) is 11.2. The molecule has 3 nitrogen and oxygen atoms in total. The van der Waals surface area contributed by atoms with Crippen LogP contribution in [0.1, 0.15) is 39.0 Å². The molecule has 1 unspecified atom stereocenters. The Bertz CT molecular complexity index is 165. The van der Waals surface area contributed by atoms with E-state index in [0.717, 1.165) is 25.4 Å². The van der Waals surface area contributed by atoms with Gasteiger partial charge in [0.05, 0.1) is 0 Å². The maximum atomic E-state index is 11.2. The van der Waals surface area contributed by atoms with Crippen molar-refractivity contribution in [3.63, 3.8) is 0 Å². The first kappa shape index (κ1) is 11.5. The molecular weight excluding hydrogens is 176 g/mol. The summed E-state index contributed by atoms with van der Waals surface area (Å²) in [7, 11) is 0. The van der Waals surface area contributed by atoms with Crippen molar-refractivity contribution in [2.75, 3.05) is 19.6 Å². The summed E-state index contributed by atoms with van der Waals surface area (Å²) in [5.41, 5.74) is 0. The van der Waals surface area contributed by atoms with Crippen molar-refractivity contribution in [2.45, 2.75) is 39.0 Å². The first-order valence-corrected chi connectivity index (χ1v) is 5.80. The summed E-state index contributed by atoms with van der Waals surface area (Å²) in [6.07, 6.45) is 5.57. The fourth-order valence-electron chi connectivity index (χ4n) is 2.01. The van der Waals surface area contributed by atoms with Gasteiger partial charge < -0.3 is 10.6 Å². The number of amides is 1. The molecule has 1 saturated heterocycles. The maximum absolute atomic E-state index is 11.2. The lowest BCUT2D eigenvalue weighted by molar-refractivity contribution is -0.121. The second kappa shape index (κ2) is 6.82. The van der Waals surface area contributed by atoms with Crippen molar-refractivity contribution < 1.29 is 4.79 Å². The van der Waals surface area contributed by atoms with Crippen LogP contribution in [0.2, 0.25) is 0 Å². The summed E-state index contributed by atoms with van der Waals surface area (Å²) >= 11 is 0. The number of nitrogens with one attached hydrogen (secondary N) is 2. The van der Waals surface area contributed by atoms with Crippen LogP contribution in [-0.4, -0.2) is 25.5 Å². The Balaban J connectivity index is 1.99. The average Bonchev–Trinajstić information content (AvgIpc) is 2.20. The van der Waals surface area contributed by atoms with E-state index in [1.165, 1.54) is 25.8 Å². The molecule has 0 aromatic heterocycles. The van der Waals surface area contributed by atoms with Crippen molar-refractivity contribution in [1.82, 2.24) is 10.6 Å². The highest BCUT2D eigenvalue weighted by Gasteiger charge is 2.12. The average molecular weight is 198 g/mol. The molecule has 14 heavy (non-hydrogen) atoms. The Morgan fingerprint density at radius 1 is 1.57 bits per heavy atom. The molecule has 1 rings (SSSR count). The molecule has 3 heteroatoms. The SMILES string of the molecule is CCNC(=O)CCCC1CCCNC1. The lowest BCUT2D eigenvalue weighted by atomic mass is 9.94. The van der Waals surface area contributed by atoms with Gasteiger partial charge in [-0.25, -0.2) is 0 Å². The molecule has 82 valence electrons. The van der Waals surface area contributed by atoms with Crippen LogP contribution in [0.15, 0.2) is 0 Å². The Hall–Kier alpha value is -0.570. The molecule has 0 radical (unpaired) electrons. The number of hydrogen-bond acceptors (Lipinski definition) is 2. The van der Waals surface area contributed by atoms with Gasteiger partial charge in [0, 0.05) is 13.0 Å². The van der Waals surface area contributed by atoms with Gasteiger partial charge >= 0.3 is 0 Å². The Kier molecular flexibility index (Phi) is 5.60. The lowest BCUT2D eigenvalue weighted by Gasteiger charge is -2.22. The normalized spacial score (nSPS) is 21.9. The third kappa shape index (κ3) is 4.61. The highest BCUT2D eigenvalue weighted by molar-refractivity contribution is 5.75. The van der Waals surface area contributed by atoms with Crippen LogP contribution >= 0.6 is 0 Å². The van der Waals surface area contributed by atoms with Gasteiger partial charge in [-0.05, 0) is 51.6 Å². The second-order valence-electron chi connectivity index (χ2n) is 4.06.